The summed E-state index contributed by atoms with van der Waals surface area (Å²) in [4.78, 5) is 0. The SMILES string of the molecule is C=C1/C=C\C=C/c2c(cc3ccc4c(C)ccc5ccc2c3c54)C1(c1ccccc1)c1ccccc1. The molecule has 36 heavy (non-hydrogen) atoms. The molecule has 1 aliphatic rings. The van der Waals surface area contributed by atoms with E-state index in [0.717, 1.165) is 5.57 Å². The lowest BCUT2D eigenvalue weighted by Gasteiger charge is -2.39. The van der Waals surface area contributed by atoms with Crippen LogP contribution >= 0.6 is 0 Å². The molecule has 0 bridgehead atoms. The van der Waals surface area contributed by atoms with Crippen LogP contribution in [0.25, 0.3) is 38.4 Å². The van der Waals surface area contributed by atoms with Crippen molar-refractivity contribution in [3.05, 3.63) is 161 Å². The fraction of sp³-hybridized carbons (Fsp3) is 0.0556. The van der Waals surface area contributed by atoms with Gasteiger partial charge in [0, 0.05) is 0 Å². The van der Waals surface area contributed by atoms with Gasteiger partial charge in [0.1, 0.15) is 0 Å². The molecule has 0 heterocycles. The van der Waals surface area contributed by atoms with Gasteiger partial charge in [-0.1, -0.05) is 128 Å². The summed E-state index contributed by atoms with van der Waals surface area (Å²) >= 11 is 0. The second-order valence-electron chi connectivity index (χ2n) is 9.87. The zero-order valence-electron chi connectivity index (χ0n) is 20.3. The molecule has 0 radical (unpaired) electrons. The standard InChI is InChI=1S/C36H26/c1-24-17-18-26-19-22-32-31-16-10-9-11-25(2)36(28-12-5-3-6-13-28,29-14-7-4-8-15-29)33(31)23-27-20-21-30(24)34(26)35(27)32/h3-23H,2H2,1H3/b11-9-,16-10-. The van der Waals surface area contributed by atoms with E-state index in [-0.39, 0.29) is 0 Å². The molecule has 0 nitrogen and oxygen atoms in total. The van der Waals surface area contributed by atoms with Crippen LogP contribution in [-0.2, 0) is 5.41 Å². The molecule has 1 aliphatic carbocycles. The van der Waals surface area contributed by atoms with Gasteiger partial charge in [-0.25, -0.2) is 0 Å². The fourth-order valence-electron chi connectivity index (χ4n) is 6.38. The van der Waals surface area contributed by atoms with Crippen LogP contribution in [0.2, 0.25) is 0 Å². The molecule has 0 saturated carbocycles. The summed E-state index contributed by atoms with van der Waals surface area (Å²) in [5.74, 6) is 0. The minimum absolute atomic E-state index is 0.514. The van der Waals surface area contributed by atoms with E-state index in [9.17, 15) is 0 Å². The van der Waals surface area contributed by atoms with Crippen LogP contribution < -0.4 is 0 Å². The van der Waals surface area contributed by atoms with Crippen molar-refractivity contribution in [3.63, 3.8) is 0 Å². The minimum Gasteiger partial charge on any atom is -0.0942 e. The first kappa shape index (κ1) is 20.9. The van der Waals surface area contributed by atoms with E-state index in [0.29, 0.717) is 0 Å². The largest absolute Gasteiger partial charge is 0.0942 e. The summed E-state index contributed by atoms with van der Waals surface area (Å²) < 4.78 is 0. The van der Waals surface area contributed by atoms with Crippen LogP contribution in [0.5, 0.6) is 0 Å². The van der Waals surface area contributed by atoms with Crippen molar-refractivity contribution < 1.29 is 0 Å². The molecule has 0 fully saturated rings. The van der Waals surface area contributed by atoms with E-state index < -0.39 is 5.41 Å². The maximum atomic E-state index is 4.69. The Morgan fingerprint density at radius 2 is 1.17 bits per heavy atom. The number of aryl methyl sites for hydroxylation is 1. The van der Waals surface area contributed by atoms with Gasteiger partial charge in [-0.05, 0) is 78.7 Å². The number of hydrogen-bond acceptors (Lipinski definition) is 0. The summed E-state index contributed by atoms with van der Waals surface area (Å²) in [7, 11) is 0. The van der Waals surface area contributed by atoms with E-state index in [4.69, 9.17) is 6.58 Å². The molecule has 6 aromatic carbocycles. The normalized spacial score (nSPS) is 16.6. The molecular formula is C36H26. The van der Waals surface area contributed by atoms with Crippen molar-refractivity contribution in [1.29, 1.82) is 0 Å². The highest BCUT2D eigenvalue weighted by Crippen LogP contribution is 2.50. The van der Waals surface area contributed by atoms with Crippen molar-refractivity contribution in [3.8, 4) is 0 Å². The highest BCUT2D eigenvalue weighted by atomic mass is 14.4. The molecule has 0 aromatic heterocycles. The molecule has 0 saturated heterocycles. The van der Waals surface area contributed by atoms with Gasteiger partial charge in [0.05, 0.1) is 5.41 Å². The quantitative estimate of drug-likeness (QED) is 0.227. The summed E-state index contributed by atoms with van der Waals surface area (Å²) in [5.41, 5.74) is 6.86. The van der Waals surface area contributed by atoms with E-state index in [1.807, 2.05) is 0 Å². The lowest BCUT2D eigenvalue weighted by atomic mass is 9.62. The smallest absolute Gasteiger partial charge is 0.0702 e. The maximum Gasteiger partial charge on any atom is 0.0702 e. The molecule has 6 aromatic rings. The minimum atomic E-state index is -0.514. The average molecular weight is 459 g/mol. The zero-order chi connectivity index (χ0) is 24.3. The van der Waals surface area contributed by atoms with Crippen molar-refractivity contribution in [2.75, 3.05) is 0 Å². The number of fused-ring (bicyclic) bond motifs is 2. The Balaban J connectivity index is 1.72. The number of rotatable bonds is 2. The summed E-state index contributed by atoms with van der Waals surface area (Å²) in [6.45, 7) is 6.90. The molecule has 0 heteroatoms. The van der Waals surface area contributed by atoms with Gasteiger partial charge >= 0.3 is 0 Å². The first-order chi connectivity index (χ1) is 17.7. The third-order valence-electron chi connectivity index (χ3n) is 8.01. The topological polar surface area (TPSA) is 0 Å². The maximum absolute atomic E-state index is 4.69. The number of benzene rings is 6. The molecule has 170 valence electrons. The van der Waals surface area contributed by atoms with Crippen molar-refractivity contribution in [1.82, 2.24) is 0 Å². The van der Waals surface area contributed by atoms with Gasteiger partial charge in [-0.15, -0.1) is 0 Å². The summed E-state index contributed by atoms with van der Waals surface area (Å²) in [6, 6.07) is 37.8. The number of hydrogen-bond donors (Lipinski definition) is 0. The highest BCUT2D eigenvalue weighted by Gasteiger charge is 2.40. The highest BCUT2D eigenvalue weighted by molar-refractivity contribution is 6.25. The van der Waals surface area contributed by atoms with Crippen LogP contribution in [0.4, 0.5) is 0 Å². The van der Waals surface area contributed by atoms with E-state index in [1.54, 1.807) is 0 Å². The van der Waals surface area contributed by atoms with Crippen molar-refractivity contribution in [2.24, 2.45) is 0 Å². The van der Waals surface area contributed by atoms with Crippen LogP contribution in [-0.4, -0.2) is 0 Å². The van der Waals surface area contributed by atoms with Crippen molar-refractivity contribution >= 4 is 38.4 Å². The molecule has 0 amide bonds. The van der Waals surface area contributed by atoms with Gasteiger partial charge in [-0.3, -0.25) is 0 Å². The summed E-state index contributed by atoms with van der Waals surface area (Å²) in [5, 5.41) is 7.91. The Kier molecular flexibility index (Phi) is 4.53. The first-order valence-corrected chi connectivity index (χ1v) is 12.6. The third kappa shape index (κ3) is 2.76. The Morgan fingerprint density at radius 3 is 1.89 bits per heavy atom. The molecule has 7 rings (SSSR count). The zero-order valence-corrected chi connectivity index (χ0v) is 20.3. The molecule has 0 atom stereocenters. The van der Waals surface area contributed by atoms with Gasteiger partial charge in [-0.2, -0.15) is 0 Å². The molecular weight excluding hydrogens is 432 g/mol. The molecule has 0 aliphatic heterocycles. The van der Waals surface area contributed by atoms with Gasteiger partial charge in [0.2, 0.25) is 0 Å². The Hall–Kier alpha value is -4.42. The Morgan fingerprint density at radius 1 is 0.583 bits per heavy atom. The lowest BCUT2D eigenvalue weighted by Crippen LogP contribution is -2.32. The van der Waals surface area contributed by atoms with E-state index in [2.05, 4.69) is 134 Å². The third-order valence-corrected chi connectivity index (χ3v) is 8.01. The molecule has 0 N–H and O–H groups in total. The van der Waals surface area contributed by atoms with E-state index in [1.165, 1.54) is 60.1 Å². The molecule has 0 unspecified atom stereocenters. The molecule has 0 spiro atoms. The van der Waals surface area contributed by atoms with E-state index >= 15 is 0 Å². The predicted molar refractivity (Wildman–Crippen MR) is 155 cm³/mol. The monoisotopic (exact) mass is 458 g/mol. The fourth-order valence-corrected chi connectivity index (χ4v) is 6.38. The second kappa shape index (κ2) is 7.80. The number of allylic oxidation sites excluding steroid dienone is 4. The van der Waals surface area contributed by atoms with Crippen LogP contribution in [0.1, 0.15) is 27.8 Å². The predicted octanol–water partition coefficient (Wildman–Crippen LogP) is 9.37. The van der Waals surface area contributed by atoms with Crippen LogP contribution in [0.15, 0.2) is 134 Å². The second-order valence-corrected chi connectivity index (χ2v) is 9.87. The Labute approximate surface area is 211 Å². The Bertz CT molecular complexity index is 1790. The first-order valence-electron chi connectivity index (χ1n) is 12.6. The van der Waals surface area contributed by atoms with Crippen LogP contribution in [0, 0.1) is 6.92 Å². The van der Waals surface area contributed by atoms with Gasteiger partial charge in [0.25, 0.3) is 0 Å². The summed E-state index contributed by atoms with van der Waals surface area (Å²) in [6.07, 6.45) is 8.75. The van der Waals surface area contributed by atoms with Crippen molar-refractivity contribution in [2.45, 2.75) is 12.3 Å². The average Bonchev–Trinajstić information content (AvgIpc) is 2.92. The van der Waals surface area contributed by atoms with Gasteiger partial charge in [0.15, 0.2) is 0 Å². The van der Waals surface area contributed by atoms with Crippen LogP contribution in [0.3, 0.4) is 0 Å². The lowest BCUT2D eigenvalue weighted by molar-refractivity contribution is 0.746. The van der Waals surface area contributed by atoms with Gasteiger partial charge < -0.3 is 0 Å².